The maximum atomic E-state index is 9.95. The summed E-state index contributed by atoms with van der Waals surface area (Å²) in [4.78, 5) is 2.57. The van der Waals surface area contributed by atoms with Crippen LogP contribution in [0.4, 0.5) is 0 Å². The first kappa shape index (κ1) is 17.9. The molecular weight excluding hydrogens is 336 g/mol. The van der Waals surface area contributed by atoms with Gasteiger partial charge in [0, 0.05) is 17.4 Å². The van der Waals surface area contributed by atoms with Crippen molar-refractivity contribution in [2.45, 2.75) is 39.2 Å². The van der Waals surface area contributed by atoms with Gasteiger partial charge in [0.1, 0.15) is 11.5 Å². The topological polar surface area (TPSA) is 48.6 Å². The monoisotopic (exact) mass is 364 g/mol. The minimum Gasteiger partial charge on any atom is -0.508 e. The largest absolute Gasteiger partial charge is 0.508 e. The normalized spacial score (nSPS) is 15.0. The van der Waals surface area contributed by atoms with Crippen molar-refractivity contribution in [2.24, 2.45) is 0 Å². The summed E-state index contributed by atoms with van der Waals surface area (Å²) in [6, 6.07) is 13.1. The lowest BCUT2D eigenvalue weighted by atomic mass is 10.1. The minimum atomic E-state index is 0.280. The molecule has 142 valence electrons. The van der Waals surface area contributed by atoms with Gasteiger partial charge in [-0.25, -0.2) is 0 Å². The zero-order valence-corrected chi connectivity index (χ0v) is 16.0. The van der Waals surface area contributed by atoms with Crippen LogP contribution >= 0.6 is 0 Å². The summed E-state index contributed by atoms with van der Waals surface area (Å²) in [5.74, 6) is 0.580. The Morgan fingerprint density at radius 2 is 1.52 bits per heavy atom. The molecule has 0 aliphatic carbocycles. The third-order valence-corrected chi connectivity index (χ3v) is 5.75. The number of fused-ring (bicyclic) bond motifs is 1. The number of unbranched alkanes of at least 4 members (excludes halogenated alkanes) is 1. The zero-order valence-electron chi connectivity index (χ0n) is 16.0. The molecule has 0 radical (unpaired) electrons. The number of aromatic nitrogens is 1. The Hall–Kier alpha value is -2.46. The van der Waals surface area contributed by atoms with E-state index in [-0.39, 0.29) is 5.75 Å². The fourth-order valence-electron chi connectivity index (χ4n) is 4.35. The van der Waals surface area contributed by atoms with Crippen molar-refractivity contribution < 1.29 is 10.2 Å². The van der Waals surface area contributed by atoms with E-state index in [9.17, 15) is 10.2 Å². The van der Waals surface area contributed by atoms with Crippen LogP contribution in [0.5, 0.6) is 11.5 Å². The Balaban J connectivity index is 1.64. The van der Waals surface area contributed by atoms with E-state index in [2.05, 4.69) is 16.4 Å². The Bertz CT molecular complexity index is 922. The molecular formula is C23H28N2O2. The molecule has 4 nitrogen and oxygen atoms in total. The predicted molar refractivity (Wildman–Crippen MR) is 110 cm³/mol. The molecule has 0 unspecified atom stereocenters. The number of aromatic hydroxyl groups is 2. The first-order valence-corrected chi connectivity index (χ1v) is 9.97. The molecule has 27 heavy (non-hydrogen) atoms. The van der Waals surface area contributed by atoms with Gasteiger partial charge in [-0.2, -0.15) is 0 Å². The highest BCUT2D eigenvalue weighted by Gasteiger charge is 2.17. The second kappa shape index (κ2) is 7.65. The van der Waals surface area contributed by atoms with Crippen molar-refractivity contribution in [3.63, 3.8) is 0 Å². The highest BCUT2D eigenvalue weighted by atomic mass is 16.3. The average Bonchev–Trinajstić information content (AvgIpc) is 3.27. The molecule has 4 heteroatoms. The molecule has 0 spiro atoms. The van der Waals surface area contributed by atoms with Gasteiger partial charge in [-0.3, -0.25) is 0 Å². The standard InChI is InChI=1S/C23H28N2O2/c1-17-21-16-20(27)10-11-22(21)25(15-5-4-14-24-12-2-3-13-24)23(17)18-6-8-19(26)9-7-18/h6-11,16,26-27H,2-5,12-15H2,1H3. The lowest BCUT2D eigenvalue weighted by molar-refractivity contribution is 0.327. The van der Waals surface area contributed by atoms with Crippen molar-refractivity contribution >= 4 is 10.9 Å². The second-order valence-electron chi connectivity index (χ2n) is 7.63. The summed E-state index contributed by atoms with van der Waals surface area (Å²) in [5.41, 5.74) is 4.61. The maximum Gasteiger partial charge on any atom is 0.116 e. The van der Waals surface area contributed by atoms with Crippen molar-refractivity contribution in [2.75, 3.05) is 19.6 Å². The lowest BCUT2D eigenvalue weighted by Crippen LogP contribution is -2.20. The van der Waals surface area contributed by atoms with Crippen LogP contribution in [-0.4, -0.2) is 39.3 Å². The lowest BCUT2D eigenvalue weighted by Gasteiger charge is -2.16. The molecule has 1 aliphatic rings. The molecule has 1 aliphatic heterocycles. The quantitative estimate of drug-likeness (QED) is 0.611. The summed E-state index contributed by atoms with van der Waals surface area (Å²) < 4.78 is 2.38. The van der Waals surface area contributed by atoms with Crippen molar-refractivity contribution in [1.82, 2.24) is 9.47 Å². The average molecular weight is 364 g/mol. The summed E-state index contributed by atoms with van der Waals surface area (Å²) >= 11 is 0. The van der Waals surface area contributed by atoms with Gasteiger partial charge < -0.3 is 19.7 Å². The zero-order chi connectivity index (χ0) is 18.8. The van der Waals surface area contributed by atoms with Crippen molar-refractivity contribution in [3.05, 3.63) is 48.0 Å². The van der Waals surface area contributed by atoms with Crippen LogP contribution in [0.3, 0.4) is 0 Å². The van der Waals surface area contributed by atoms with E-state index >= 15 is 0 Å². The van der Waals surface area contributed by atoms with Crippen LogP contribution in [0.25, 0.3) is 22.2 Å². The fraction of sp³-hybridized carbons (Fsp3) is 0.391. The second-order valence-corrected chi connectivity index (χ2v) is 7.63. The Kier molecular flexibility index (Phi) is 5.08. The molecule has 2 N–H and O–H groups in total. The van der Waals surface area contributed by atoms with Crippen LogP contribution < -0.4 is 0 Å². The van der Waals surface area contributed by atoms with Gasteiger partial charge in [0.25, 0.3) is 0 Å². The van der Waals surface area contributed by atoms with Crippen LogP contribution in [0.15, 0.2) is 42.5 Å². The van der Waals surface area contributed by atoms with Crippen LogP contribution in [0, 0.1) is 6.92 Å². The van der Waals surface area contributed by atoms with Crippen molar-refractivity contribution in [3.8, 4) is 22.8 Å². The molecule has 0 atom stereocenters. The predicted octanol–water partition coefficient (Wildman–Crippen LogP) is 4.90. The molecule has 0 saturated carbocycles. The molecule has 2 aromatic carbocycles. The van der Waals surface area contributed by atoms with Gasteiger partial charge in [0.2, 0.25) is 0 Å². The number of phenolic OH excluding ortho intramolecular Hbond substituents is 2. The van der Waals surface area contributed by atoms with Gasteiger partial charge in [-0.05, 0) is 106 Å². The number of phenols is 2. The number of rotatable bonds is 6. The summed E-state index contributed by atoms with van der Waals surface area (Å²) in [5, 5.41) is 20.7. The maximum absolute atomic E-state index is 9.95. The van der Waals surface area contributed by atoms with E-state index in [4.69, 9.17) is 0 Å². The first-order chi connectivity index (χ1) is 13.1. The number of aryl methyl sites for hydroxylation is 2. The van der Waals surface area contributed by atoms with E-state index in [0.29, 0.717) is 5.75 Å². The summed E-state index contributed by atoms with van der Waals surface area (Å²) in [7, 11) is 0. The smallest absolute Gasteiger partial charge is 0.116 e. The SMILES string of the molecule is Cc1c(-c2ccc(O)cc2)n(CCCCN2CCCC2)c2ccc(O)cc12. The number of benzene rings is 2. The number of hydrogen-bond donors (Lipinski definition) is 2. The van der Waals surface area contributed by atoms with Crippen molar-refractivity contribution in [1.29, 1.82) is 0 Å². The number of likely N-dealkylation sites (tertiary alicyclic amines) is 1. The summed E-state index contributed by atoms with van der Waals surface area (Å²) in [6.45, 7) is 6.77. The van der Waals surface area contributed by atoms with Crippen LogP contribution in [-0.2, 0) is 6.54 Å². The Morgan fingerprint density at radius 3 is 2.26 bits per heavy atom. The van der Waals surface area contributed by atoms with Crippen LogP contribution in [0.1, 0.15) is 31.2 Å². The van der Waals surface area contributed by atoms with Gasteiger partial charge in [-0.1, -0.05) is 0 Å². The van der Waals surface area contributed by atoms with E-state index in [1.54, 1.807) is 18.2 Å². The number of hydrogen-bond acceptors (Lipinski definition) is 3. The van der Waals surface area contributed by atoms with Gasteiger partial charge in [0.05, 0.1) is 5.69 Å². The molecule has 1 saturated heterocycles. The van der Waals surface area contributed by atoms with Gasteiger partial charge in [0.15, 0.2) is 0 Å². The number of nitrogens with zero attached hydrogens (tertiary/aromatic N) is 2. The minimum absolute atomic E-state index is 0.280. The highest BCUT2D eigenvalue weighted by Crippen LogP contribution is 2.35. The van der Waals surface area contributed by atoms with Crippen LogP contribution in [0.2, 0.25) is 0 Å². The molecule has 0 amide bonds. The first-order valence-electron chi connectivity index (χ1n) is 9.97. The third kappa shape index (κ3) is 3.67. The third-order valence-electron chi connectivity index (χ3n) is 5.75. The molecule has 3 aromatic rings. The highest BCUT2D eigenvalue weighted by molar-refractivity contribution is 5.92. The fourth-order valence-corrected chi connectivity index (χ4v) is 4.35. The van der Waals surface area contributed by atoms with Gasteiger partial charge in [-0.15, -0.1) is 0 Å². The molecule has 2 heterocycles. The van der Waals surface area contributed by atoms with Gasteiger partial charge >= 0.3 is 0 Å². The summed E-state index contributed by atoms with van der Waals surface area (Å²) in [6.07, 6.45) is 5.02. The Morgan fingerprint density at radius 1 is 0.852 bits per heavy atom. The Labute approximate surface area is 160 Å². The molecule has 0 bridgehead atoms. The molecule has 4 rings (SSSR count). The molecule has 1 aromatic heterocycles. The van der Waals surface area contributed by atoms with E-state index in [1.165, 1.54) is 50.2 Å². The van der Waals surface area contributed by atoms with E-state index < -0.39 is 0 Å². The van der Waals surface area contributed by atoms with E-state index in [0.717, 1.165) is 29.4 Å². The molecule has 1 fully saturated rings. The van der Waals surface area contributed by atoms with E-state index in [1.807, 2.05) is 24.3 Å².